The lowest BCUT2D eigenvalue weighted by Crippen LogP contribution is -2.39. The first-order valence-electron chi connectivity index (χ1n) is 6.52. The van der Waals surface area contributed by atoms with Crippen molar-refractivity contribution in [3.05, 3.63) is 34.9 Å². The van der Waals surface area contributed by atoms with Gasteiger partial charge in [-0.05, 0) is 44.5 Å². The number of rotatable bonds is 4. The number of nitrogens with two attached hydrogens (primary N) is 1. The summed E-state index contributed by atoms with van der Waals surface area (Å²) in [7, 11) is 1.62. The number of hydrogen-bond acceptors (Lipinski definition) is 3. The third kappa shape index (κ3) is 5.04. The topological polar surface area (TPSA) is 64.3 Å². The Balaban J connectivity index is 2.85. The van der Waals surface area contributed by atoms with Crippen molar-refractivity contribution in [3.63, 3.8) is 0 Å². The fraction of sp³-hybridized carbons (Fsp3) is 0.438. The van der Waals surface area contributed by atoms with Crippen LogP contribution < -0.4 is 11.1 Å². The van der Waals surface area contributed by atoms with E-state index in [2.05, 4.69) is 17.2 Å². The summed E-state index contributed by atoms with van der Waals surface area (Å²) in [6.07, 6.45) is 0. The second kappa shape index (κ2) is 7.09. The van der Waals surface area contributed by atoms with E-state index < -0.39 is 0 Å². The highest BCUT2D eigenvalue weighted by Gasteiger charge is 2.18. The molecule has 0 fully saturated rings. The molecule has 108 valence electrons. The van der Waals surface area contributed by atoms with E-state index in [0.29, 0.717) is 18.7 Å². The Bertz CT molecular complexity index is 539. The fourth-order valence-corrected chi connectivity index (χ4v) is 1.61. The summed E-state index contributed by atoms with van der Waals surface area (Å²) in [6.45, 7) is 6.52. The van der Waals surface area contributed by atoms with Gasteiger partial charge in [-0.3, -0.25) is 4.79 Å². The molecular weight excluding hydrogens is 252 g/mol. The van der Waals surface area contributed by atoms with E-state index in [0.717, 1.165) is 11.1 Å². The number of amides is 1. The minimum Gasteiger partial charge on any atom is -0.377 e. The van der Waals surface area contributed by atoms with Crippen LogP contribution in [0.5, 0.6) is 0 Å². The first-order valence-corrected chi connectivity index (χ1v) is 6.52. The fourth-order valence-electron chi connectivity index (χ4n) is 1.61. The lowest BCUT2D eigenvalue weighted by atomic mass is 10.1. The van der Waals surface area contributed by atoms with Crippen molar-refractivity contribution in [1.82, 2.24) is 5.32 Å². The Morgan fingerprint density at radius 2 is 2.10 bits per heavy atom. The highest BCUT2D eigenvalue weighted by molar-refractivity contribution is 5.94. The lowest BCUT2D eigenvalue weighted by Gasteiger charge is -2.23. The highest BCUT2D eigenvalue weighted by Crippen LogP contribution is 2.10. The molecule has 0 aliphatic heterocycles. The molecule has 20 heavy (non-hydrogen) atoms. The SMILES string of the molecule is COC(C)(C)CNC(=O)c1cc(C)cc(C#CCN)c1. The minimum absolute atomic E-state index is 0.130. The first-order chi connectivity index (χ1) is 9.38. The third-order valence-electron chi connectivity index (χ3n) is 2.90. The summed E-state index contributed by atoms with van der Waals surface area (Å²) in [5.41, 5.74) is 7.35. The molecule has 0 spiro atoms. The summed E-state index contributed by atoms with van der Waals surface area (Å²) in [5, 5.41) is 2.86. The van der Waals surface area contributed by atoms with Crippen molar-refractivity contribution in [2.24, 2.45) is 5.73 Å². The Morgan fingerprint density at radius 3 is 2.70 bits per heavy atom. The molecule has 1 aromatic rings. The number of ether oxygens (including phenoxy) is 1. The summed E-state index contributed by atoms with van der Waals surface area (Å²) in [5.74, 6) is 5.60. The molecule has 0 aliphatic rings. The molecular formula is C16H22N2O2. The van der Waals surface area contributed by atoms with Crippen LogP contribution in [0.15, 0.2) is 18.2 Å². The van der Waals surface area contributed by atoms with E-state index >= 15 is 0 Å². The van der Waals surface area contributed by atoms with Gasteiger partial charge < -0.3 is 15.8 Å². The quantitative estimate of drug-likeness (QED) is 0.817. The van der Waals surface area contributed by atoms with Gasteiger partial charge in [0.15, 0.2) is 0 Å². The van der Waals surface area contributed by atoms with Crippen LogP contribution >= 0.6 is 0 Å². The molecule has 1 rings (SSSR count). The van der Waals surface area contributed by atoms with Crippen LogP contribution in [0, 0.1) is 18.8 Å². The predicted octanol–water partition coefficient (Wildman–Crippen LogP) is 1.46. The Kier molecular flexibility index (Phi) is 5.75. The Labute approximate surface area is 120 Å². The highest BCUT2D eigenvalue weighted by atomic mass is 16.5. The van der Waals surface area contributed by atoms with Gasteiger partial charge >= 0.3 is 0 Å². The van der Waals surface area contributed by atoms with Crippen molar-refractivity contribution >= 4 is 5.91 Å². The van der Waals surface area contributed by atoms with Crippen LogP contribution in [-0.2, 0) is 4.74 Å². The molecule has 0 saturated carbocycles. The van der Waals surface area contributed by atoms with Gasteiger partial charge in [0.1, 0.15) is 0 Å². The van der Waals surface area contributed by atoms with E-state index in [4.69, 9.17) is 10.5 Å². The van der Waals surface area contributed by atoms with Crippen molar-refractivity contribution in [2.75, 3.05) is 20.2 Å². The second-order valence-corrected chi connectivity index (χ2v) is 5.24. The summed E-state index contributed by atoms with van der Waals surface area (Å²) in [4.78, 5) is 12.1. The van der Waals surface area contributed by atoms with Crippen LogP contribution in [0.4, 0.5) is 0 Å². The maximum atomic E-state index is 12.1. The van der Waals surface area contributed by atoms with Crippen LogP contribution in [0.3, 0.4) is 0 Å². The van der Waals surface area contributed by atoms with Crippen molar-refractivity contribution in [1.29, 1.82) is 0 Å². The predicted molar refractivity (Wildman–Crippen MR) is 80.5 cm³/mol. The molecule has 0 aromatic heterocycles. The lowest BCUT2D eigenvalue weighted by molar-refractivity contribution is 0.0229. The van der Waals surface area contributed by atoms with Crippen molar-refractivity contribution in [2.45, 2.75) is 26.4 Å². The maximum absolute atomic E-state index is 12.1. The monoisotopic (exact) mass is 274 g/mol. The molecule has 0 heterocycles. The molecule has 0 unspecified atom stereocenters. The normalized spacial score (nSPS) is 10.7. The number of carbonyl (C=O) groups is 1. The van der Waals surface area contributed by atoms with Gasteiger partial charge in [0.25, 0.3) is 5.91 Å². The summed E-state index contributed by atoms with van der Waals surface area (Å²) < 4.78 is 5.27. The molecule has 1 aromatic carbocycles. The third-order valence-corrected chi connectivity index (χ3v) is 2.90. The second-order valence-electron chi connectivity index (χ2n) is 5.24. The van der Waals surface area contributed by atoms with E-state index in [-0.39, 0.29) is 11.5 Å². The molecule has 0 aliphatic carbocycles. The van der Waals surface area contributed by atoms with Crippen LogP contribution in [-0.4, -0.2) is 31.7 Å². The summed E-state index contributed by atoms with van der Waals surface area (Å²) in [6, 6.07) is 5.53. The average molecular weight is 274 g/mol. The van der Waals surface area contributed by atoms with Gasteiger partial charge in [0, 0.05) is 24.8 Å². The van der Waals surface area contributed by atoms with Crippen molar-refractivity contribution in [3.8, 4) is 11.8 Å². The van der Waals surface area contributed by atoms with E-state index in [9.17, 15) is 4.79 Å². The zero-order valence-corrected chi connectivity index (χ0v) is 12.5. The van der Waals surface area contributed by atoms with Crippen LogP contribution in [0.2, 0.25) is 0 Å². The van der Waals surface area contributed by atoms with Gasteiger partial charge in [-0.25, -0.2) is 0 Å². The number of aryl methyl sites for hydroxylation is 1. The number of methoxy groups -OCH3 is 1. The first kappa shape index (κ1) is 16.2. The zero-order valence-electron chi connectivity index (χ0n) is 12.5. The molecule has 3 N–H and O–H groups in total. The standard InChI is InChI=1S/C16H22N2O2/c1-12-8-13(6-5-7-17)10-14(9-12)15(19)18-11-16(2,3)20-4/h8-10H,7,11,17H2,1-4H3,(H,18,19). The molecule has 0 radical (unpaired) electrons. The zero-order chi connectivity index (χ0) is 15.2. The maximum Gasteiger partial charge on any atom is 0.251 e. The van der Waals surface area contributed by atoms with Crippen LogP contribution in [0.25, 0.3) is 0 Å². The van der Waals surface area contributed by atoms with Gasteiger partial charge in [0.05, 0.1) is 12.1 Å². The largest absolute Gasteiger partial charge is 0.377 e. The van der Waals surface area contributed by atoms with E-state index in [1.807, 2.05) is 32.9 Å². The average Bonchev–Trinajstić information content (AvgIpc) is 2.42. The molecule has 0 bridgehead atoms. The van der Waals surface area contributed by atoms with Gasteiger partial charge in [-0.15, -0.1) is 0 Å². The molecule has 0 atom stereocenters. The Hall–Kier alpha value is -1.83. The van der Waals surface area contributed by atoms with Crippen molar-refractivity contribution < 1.29 is 9.53 Å². The number of hydrogen-bond donors (Lipinski definition) is 2. The number of benzene rings is 1. The number of carbonyl (C=O) groups excluding carboxylic acids is 1. The van der Waals surface area contributed by atoms with Gasteiger partial charge in [-0.2, -0.15) is 0 Å². The molecule has 4 nitrogen and oxygen atoms in total. The van der Waals surface area contributed by atoms with Gasteiger partial charge in [0.2, 0.25) is 0 Å². The molecule has 4 heteroatoms. The molecule has 1 amide bonds. The van der Waals surface area contributed by atoms with Gasteiger partial charge in [-0.1, -0.05) is 11.8 Å². The smallest absolute Gasteiger partial charge is 0.251 e. The minimum atomic E-state index is -0.387. The van der Waals surface area contributed by atoms with E-state index in [1.165, 1.54) is 0 Å². The number of nitrogens with one attached hydrogen (secondary N) is 1. The molecule has 0 saturated heterocycles. The van der Waals surface area contributed by atoms with E-state index in [1.54, 1.807) is 13.2 Å². The summed E-state index contributed by atoms with van der Waals surface area (Å²) >= 11 is 0. The Morgan fingerprint density at radius 1 is 1.40 bits per heavy atom. The van der Waals surface area contributed by atoms with Crippen LogP contribution in [0.1, 0.15) is 35.3 Å².